The van der Waals surface area contributed by atoms with E-state index in [4.69, 9.17) is 9.84 Å². The van der Waals surface area contributed by atoms with Crippen LogP contribution in [0.4, 0.5) is 18.0 Å². The highest BCUT2D eigenvalue weighted by Gasteiger charge is 2.31. The molecule has 0 aliphatic carbocycles. The van der Waals surface area contributed by atoms with Crippen LogP contribution in [0.5, 0.6) is 5.75 Å². The molecule has 0 fully saturated rings. The predicted octanol–water partition coefficient (Wildman–Crippen LogP) is 4.53. The monoisotopic (exact) mass is 383 g/mol. The van der Waals surface area contributed by atoms with E-state index in [9.17, 15) is 18.0 Å². The van der Waals surface area contributed by atoms with Gasteiger partial charge < -0.3 is 15.2 Å². The summed E-state index contributed by atoms with van der Waals surface area (Å²) < 4.78 is 43.3. The Morgan fingerprint density at radius 2 is 1.95 bits per heavy atom. The molecular weight excluding hydrogens is 367 g/mol. The van der Waals surface area contributed by atoms with Crippen molar-refractivity contribution in [1.82, 2.24) is 5.32 Å². The van der Waals surface area contributed by atoms with E-state index in [0.29, 0.717) is 0 Å². The third kappa shape index (κ3) is 5.40. The zero-order valence-corrected chi connectivity index (χ0v) is 13.9. The van der Waals surface area contributed by atoms with Crippen LogP contribution < -0.4 is 10.1 Å². The molecule has 0 aromatic heterocycles. The van der Waals surface area contributed by atoms with Crippen LogP contribution in [0.15, 0.2) is 22.7 Å². The molecule has 1 aromatic rings. The standard InChI is InChI=1S/C14H17BrF3NO3/c1-13(2,3)11(19-12(20)21)7-22-10-5-4-8(6-9(10)15)14(16,17)18/h4-6,11,19H,7H2,1-3H3,(H,20,21). The minimum absolute atomic E-state index is 0.000234. The fourth-order valence-corrected chi connectivity index (χ4v) is 2.12. The van der Waals surface area contributed by atoms with Crippen LogP contribution in [0.3, 0.4) is 0 Å². The van der Waals surface area contributed by atoms with E-state index in [1.165, 1.54) is 6.07 Å². The van der Waals surface area contributed by atoms with E-state index < -0.39 is 29.3 Å². The lowest BCUT2D eigenvalue weighted by Gasteiger charge is -2.30. The Morgan fingerprint density at radius 3 is 2.36 bits per heavy atom. The SMILES string of the molecule is CC(C)(C)C(COc1ccc(C(F)(F)F)cc1Br)NC(=O)O. The second kappa shape index (κ2) is 6.76. The maximum absolute atomic E-state index is 12.6. The van der Waals surface area contributed by atoms with Crippen LogP contribution in [-0.2, 0) is 6.18 Å². The quantitative estimate of drug-likeness (QED) is 0.802. The van der Waals surface area contributed by atoms with Gasteiger partial charge in [-0.1, -0.05) is 20.8 Å². The Morgan fingerprint density at radius 1 is 1.36 bits per heavy atom. The third-order valence-corrected chi connectivity index (χ3v) is 3.63. The summed E-state index contributed by atoms with van der Waals surface area (Å²) in [7, 11) is 0. The van der Waals surface area contributed by atoms with Gasteiger partial charge in [0.05, 0.1) is 16.1 Å². The molecule has 0 saturated heterocycles. The Balaban J connectivity index is 2.84. The second-order valence-corrected chi connectivity index (χ2v) is 6.68. The average molecular weight is 384 g/mol. The Hall–Kier alpha value is -1.44. The third-order valence-electron chi connectivity index (χ3n) is 3.01. The van der Waals surface area contributed by atoms with Crippen molar-refractivity contribution >= 4 is 22.0 Å². The van der Waals surface area contributed by atoms with Gasteiger partial charge in [0.15, 0.2) is 0 Å². The lowest BCUT2D eigenvalue weighted by Crippen LogP contribution is -2.47. The Kier molecular flexibility index (Phi) is 5.72. The lowest BCUT2D eigenvalue weighted by molar-refractivity contribution is -0.137. The smallest absolute Gasteiger partial charge is 0.416 e. The first-order valence-corrected chi connectivity index (χ1v) is 7.19. The highest BCUT2D eigenvalue weighted by atomic mass is 79.9. The molecule has 0 aliphatic heterocycles. The second-order valence-electron chi connectivity index (χ2n) is 5.82. The summed E-state index contributed by atoms with van der Waals surface area (Å²) >= 11 is 3.03. The van der Waals surface area contributed by atoms with Crippen LogP contribution >= 0.6 is 15.9 Å². The van der Waals surface area contributed by atoms with Gasteiger partial charge in [-0.3, -0.25) is 0 Å². The van der Waals surface area contributed by atoms with Crippen LogP contribution in [-0.4, -0.2) is 23.8 Å². The molecular formula is C14H17BrF3NO3. The lowest BCUT2D eigenvalue weighted by atomic mass is 9.87. The van der Waals surface area contributed by atoms with Gasteiger partial charge in [0.1, 0.15) is 12.4 Å². The topological polar surface area (TPSA) is 58.6 Å². The minimum Gasteiger partial charge on any atom is -0.490 e. The number of rotatable bonds is 4. The van der Waals surface area contributed by atoms with E-state index in [-0.39, 0.29) is 16.8 Å². The van der Waals surface area contributed by atoms with Gasteiger partial charge in [0.2, 0.25) is 0 Å². The number of alkyl halides is 3. The molecule has 0 aliphatic rings. The normalized spacial score (nSPS) is 13.6. The molecule has 0 heterocycles. The summed E-state index contributed by atoms with van der Waals surface area (Å²) in [6.07, 6.45) is -5.62. The number of carbonyl (C=O) groups is 1. The van der Waals surface area contributed by atoms with Crippen LogP contribution in [0.2, 0.25) is 0 Å². The van der Waals surface area contributed by atoms with Crippen LogP contribution in [0.1, 0.15) is 26.3 Å². The first-order chi connectivity index (χ1) is 9.91. The zero-order chi connectivity index (χ0) is 17.1. The molecule has 22 heavy (non-hydrogen) atoms. The maximum Gasteiger partial charge on any atom is 0.416 e. The van der Waals surface area contributed by atoms with E-state index >= 15 is 0 Å². The van der Waals surface area contributed by atoms with E-state index in [0.717, 1.165) is 12.1 Å². The van der Waals surface area contributed by atoms with Gasteiger partial charge in [-0.25, -0.2) is 4.79 Å². The number of amides is 1. The fourth-order valence-electron chi connectivity index (χ4n) is 1.62. The minimum atomic E-state index is -4.43. The average Bonchev–Trinajstić information content (AvgIpc) is 2.32. The number of ether oxygens (including phenoxy) is 1. The molecule has 2 N–H and O–H groups in total. The number of halogens is 4. The molecule has 1 unspecified atom stereocenters. The first-order valence-electron chi connectivity index (χ1n) is 6.40. The highest BCUT2D eigenvalue weighted by Crippen LogP contribution is 2.35. The Labute approximate surface area is 134 Å². The van der Waals surface area contributed by atoms with Crippen molar-refractivity contribution < 1.29 is 27.8 Å². The summed E-state index contributed by atoms with van der Waals surface area (Å²) in [4.78, 5) is 10.8. The number of hydrogen-bond acceptors (Lipinski definition) is 2. The van der Waals surface area contributed by atoms with Crippen molar-refractivity contribution in [2.45, 2.75) is 33.0 Å². The van der Waals surface area contributed by atoms with Gasteiger partial charge in [0, 0.05) is 0 Å². The zero-order valence-electron chi connectivity index (χ0n) is 12.3. The molecule has 124 valence electrons. The predicted molar refractivity (Wildman–Crippen MR) is 79.0 cm³/mol. The fraction of sp³-hybridized carbons (Fsp3) is 0.500. The van der Waals surface area contributed by atoms with Crippen LogP contribution in [0, 0.1) is 5.41 Å². The number of carboxylic acid groups (broad SMARTS) is 1. The number of nitrogens with one attached hydrogen (secondary N) is 1. The van der Waals surface area contributed by atoms with Crippen molar-refractivity contribution in [1.29, 1.82) is 0 Å². The molecule has 1 rings (SSSR count). The summed E-state index contributed by atoms with van der Waals surface area (Å²) in [5.41, 5.74) is -1.20. The molecule has 1 amide bonds. The van der Waals surface area contributed by atoms with Crippen molar-refractivity contribution in [2.24, 2.45) is 5.41 Å². The number of hydrogen-bond donors (Lipinski definition) is 2. The maximum atomic E-state index is 12.6. The molecule has 0 bridgehead atoms. The molecule has 0 saturated carbocycles. The molecule has 0 spiro atoms. The van der Waals surface area contributed by atoms with E-state index in [1.54, 1.807) is 0 Å². The highest BCUT2D eigenvalue weighted by molar-refractivity contribution is 9.10. The summed E-state index contributed by atoms with van der Waals surface area (Å²) in [6.45, 7) is 5.50. The van der Waals surface area contributed by atoms with Gasteiger partial charge >= 0.3 is 12.3 Å². The van der Waals surface area contributed by atoms with Gasteiger partial charge in [0.25, 0.3) is 0 Å². The summed E-state index contributed by atoms with van der Waals surface area (Å²) in [6, 6.07) is 2.52. The molecule has 8 heteroatoms. The molecule has 4 nitrogen and oxygen atoms in total. The van der Waals surface area contributed by atoms with E-state index in [1.807, 2.05) is 20.8 Å². The van der Waals surface area contributed by atoms with Crippen molar-refractivity contribution in [2.75, 3.05) is 6.61 Å². The van der Waals surface area contributed by atoms with Crippen molar-refractivity contribution in [3.05, 3.63) is 28.2 Å². The molecule has 1 atom stereocenters. The van der Waals surface area contributed by atoms with Crippen molar-refractivity contribution in [3.63, 3.8) is 0 Å². The first kappa shape index (κ1) is 18.6. The Bertz CT molecular complexity index is 541. The summed E-state index contributed by atoms with van der Waals surface area (Å²) in [5, 5.41) is 11.2. The van der Waals surface area contributed by atoms with Gasteiger partial charge in [-0.15, -0.1) is 0 Å². The van der Waals surface area contributed by atoms with Gasteiger partial charge in [-0.2, -0.15) is 13.2 Å². The number of benzene rings is 1. The largest absolute Gasteiger partial charge is 0.490 e. The van der Waals surface area contributed by atoms with Gasteiger partial charge in [-0.05, 0) is 39.5 Å². The van der Waals surface area contributed by atoms with Crippen LogP contribution in [0.25, 0.3) is 0 Å². The summed E-state index contributed by atoms with van der Waals surface area (Å²) in [5.74, 6) is 0.217. The van der Waals surface area contributed by atoms with Crippen molar-refractivity contribution in [3.8, 4) is 5.75 Å². The van der Waals surface area contributed by atoms with E-state index in [2.05, 4.69) is 21.2 Å². The molecule has 0 radical (unpaired) electrons. The molecule has 1 aromatic carbocycles.